The van der Waals surface area contributed by atoms with Crippen molar-refractivity contribution in [3.8, 4) is 0 Å². The SMILES string of the molecule is CCn1c2ccc(C)cc2c2c3c(=O)cc(C)[nH]c3ccc21. The van der Waals surface area contributed by atoms with Gasteiger partial charge in [-0.1, -0.05) is 11.6 Å². The second-order valence-corrected chi connectivity index (χ2v) is 5.96. The maximum Gasteiger partial charge on any atom is 0.190 e. The highest BCUT2D eigenvalue weighted by atomic mass is 16.1. The number of hydrogen-bond acceptors (Lipinski definition) is 1. The van der Waals surface area contributed by atoms with Crippen LogP contribution in [0.25, 0.3) is 32.7 Å². The first-order valence-corrected chi connectivity index (χ1v) is 7.65. The fourth-order valence-electron chi connectivity index (χ4n) is 3.52. The average molecular weight is 290 g/mol. The second kappa shape index (κ2) is 4.47. The van der Waals surface area contributed by atoms with E-state index in [1.807, 2.05) is 13.0 Å². The lowest BCUT2D eigenvalue weighted by molar-refractivity contribution is 0.827. The monoisotopic (exact) mass is 290 g/mol. The van der Waals surface area contributed by atoms with E-state index in [2.05, 4.69) is 47.7 Å². The van der Waals surface area contributed by atoms with Gasteiger partial charge in [0.05, 0.1) is 10.9 Å². The quantitative estimate of drug-likeness (QED) is 0.558. The molecule has 2 aromatic heterocycles. The average Bonchev–Trinajstić information content (AvgIpc) is 2.79. The minimum absolute atomic E-state index is 0.0912. The molecule has 3 nitrogen and oxygen atoms in total. The van der Waals surface area contributed by atoms with E-state index in [0.29, 0.717) is 0 Å². The van der Waals surface area contributed by atoms with Crippen molar-refractivity contribution < 1.29 is 0 Å². The Morgan fingerprint density at radius 2 is 1.77 bits per heavy atom. The molecule has 110 valence electrons. The molecule has 2 heterocycles. The summed E-state index contributed by atoms with van der Waals surface area (Å²) in [5, 5.41) is 3.03. The molecule has 0 fully saturated rings. The molecule has 4 aromatic rings. The number of nitrogens with one attached hydrogen (secondary N) is 1. The molecule has 0 spiro atoms. The summed E-state index contributed by atoms with van der Waals surface area (Å²) in [6.45, 7) is 7.04. The predicted octanol–water partition coefficient (Wildman–Crippen LogP) is 4.27. The third-order valence-corrected chi connectivity index (χ3v) is 4.43. The maximum absolute atomic E-state index is 12.6. The minimum Gasteiger partial charge on any atom is -0.358 e. The van der Waals surface area contributed by atoms with Crippen LogP contribution < -0.4 is 5.43 Å². The molecule has 0 saturated carbocycles. The van der Waals surface area contributed by atoms with Crippen LogP contribution in [0.4, 0.5) is 0 Å². The molecule has 0 aliphatic heterocycles. The third kappa shape index (κ3) is 1.65. The van der Waals surface area contributed by atoms with Gasteiger partial charge < -0.3 is 9.55 Å². The molecule has 0 aliphatic rings. The molecule has 0 saturated heterocycles. The molecule has 4 rings (SSSR count). The van der Waals surface area contributed by atoms with Crippen LogP contribution in [-0.4, -0.2) is 9.55 Å². The number of fused-ring (bicyclic) bond motifs is 5. The normalized spacial score (nSPS) is 11.8. The lowest BCUT2D eigenvalue weighted by Crippen LogP contribution is -2.03. The molecule has 3 heteroatoms. The molecular formula is C19H18N2O. The van der Waals surface area contributed by atoms with Crippen LogP contribution in [0.15, 0.2) is 41.2 Å². The van der Waals surface area contributed by atoms with Gasteiger partial charge in [-0.2, -0.15) is 0 Å². The lowest BCUT2D eigenvalue weighted by Gasteiger charge is -2.04. The topological polar surface area (TPSA) is 37.8 Å². The highest BCUT2D eigenvalue weighted by Gasteiger charge is 2.14. The van der Waals surface area contributed by atoms with E-state index in [9.17, 15) is 4.79 Å². The van der Waals surface area contributed by atoms with Crippen molar-refractivity contribution >= 4 is 32.7 Å². The van der Waals surface area contributed by atoms with Crippen LogP contribution in [0, 0.1) is 13.8 Å². The molecule has 0 aliphatic carbocycles. The first-order chi connectivity index (χ1) is 10.6. The largest absolute Gasteiger partial charge is 0.358 e. The fraction of sp³-hybridized carbons (Fsp3) is 0.211. The fourth-order valence-corrected chi connectivity index (χ4v) is 3.52. The van der Waals surface area contributed by atoms with E-state index in [-0.39, 0.29) is 5.43 Å². The summed E-state index contributed by atoms with van der Waals surface area (Å²) in [7, 11) is 0. The van der Waals surface area contributed by atoms with Crippen LogP contribution in [0.2, 0.25) is 0 Å². The first-order valence-electron chi connectivity index (χ1n) is 7.65. The summed E-state index contributed by atoms with van der Waals surface area (Å²) in [6.07, 6.45) is 0. The number of aryl methyl sites for hydroxylation is 3. The summed E-state index contributed by atoms with van der Waals surface area (Å²) in [6, 6.07) is 12.3. The number of nitrogens with zero attached hydrogens (tertiary/aromatic N) is 1. The maximum atomic E-state index is 12.6. The van der Waals surface area contributed by atoms with Crippen molar-refractivity contribution in [3.63, 3.8) is 0 Å². The van der Waals surface area contributed by atoms with Gasteiger partial charge in [-0.15, -0.1) is 0 Å². The van der Waals surface area contributed by atoms with Gasteiger partial charge in [0.25, 0.3) is 0 Å². The van der Waals surface area contributed by atoms with Gasteiger partial charge in [-0.3, -0.25) is 4.79 Å². The summed E-state index contributed by atoms with van der Waals surface area (Å²) in [5.41, 5.74) is 5.43. The summed E-state index contributed by atoms with van der Waals surface area (Å²) in [4.78, 5) is 15.9. The van der Waals surface area contributed by atoms with Gasteiger partial charge in [-0.25, -0.2) is 0 Å². The molecule has 0 radical (unpaired) electrons. The Kier molecular flexibility index (Phi) is 2.67. The summed E-state index contributed by atoms with van der Waals surface area (Å²) >= 11 is 0. The van der Waals surface area contributed by atoms with Gasteiger partial charge >= 0.3 is 0 Å². The van der Waals surface area contributed by atoms with Crippen LogP contribution in [0.3, 0.4) is 0 Å². The molecular weight excluding hydrogens is 272 g/mol. The van der Waals surface area contributed by atoms with Gasteiger partial charge in [-0.05, 0) is 45.0 Å². The van der Waals surface area contributed by atoms with Gasteiger partial charge in [0.1, 0.15) is 0 Å². The van der Waals surface area contributed by atoms with Crippen molar-refractivity contribution in [1.82, 2.24) is 9.55 Å². The van der Waals surface area contributed by atoms with E-state index < -0.39 is 0 Å². The summed E-state index contributed by atoms with van der Waals surface area (Å²) < 4.78 is 2.28. The zero-order valence-electron chi connectivity index (χ0n) is 13.0. The Labute approximate surface area is 128 Å². The van der Waals surface area contributed by atoms with Gasteiger partial charge in [0.2, 0.25) is 0 Å². The number of aromatic nitrogens is 2. The Morgan fingerprint density at radius 3 is 2.55 bits per heavy atom. The van der Waals surface area contributed by atoms with Crippen LogP contribution in [0.1, 0.15) is 18.2 Å². The highest BCUT2D eigenvalue weighted by molar-refractivity contribution is 6.20. The van der Waals surface area contributed by atoms with E-state index in [0.717, 1.165) is 39.4 Å². The first kappa shape index (κ1) is 13.1. The Balaban J connectivity index is 2.38. The predicted molar refractivity (Wildman–Crippen MR) is 92.7 cm³/mol. The van der Waals surface area contributed by atoms with E-state index in [4.69, 9.17) is 0 Å². The van der Waals surface area contributed by atoms with Crippen molar-refractivity contribution in [2.45, 2.75) is 27.3 Å². The zero-order chi connectivity index (χ0) is 15.4. The van der Waals surface area contributed by atoms with Crippen LogP contribution in [0.5, 0.6) is 0 Å². The Hall–Kier alpha value is -2.55. The summed E-state index contributed by atoms with van der Waals surface area (Å²) in [5.74, 6) is 0. The number of benzene rings is 2. The number of rotatable bonds is 1. The van der Waals surface area contributed by atoms with E-state index in [1.54, 1.807) is 6.07 Å². The zero-order valence-corrected chi connectivity index (χ0v) is 13.0. The van der Waals surface area contributed by atoms with Crippen molar-refractivity contribution in [2.24, 2.45) is 0 Å². The van der Waals surface area contributed by atoms with Crippen LogP contribution >= 0.6 is 0 Å². The van der Waals surface area contributed by atoms with Crippen molar-refractivity contribution in [2.75, 3.05) is 0 Å². The Morgan fingerprint density at radius 1 is 1.00 bits per heavy atom. The highest BCUT2D eigenvalue weighted by Crippen LogP contribution is 2.33. The third-order valence-electron chi connectivity index (χ3n) is 4.43. The van der Waals surface area contributed by atoms with E-state index >= 15 is 0 Å². The second-order valence-electron chi connectivity index (χ2n) is 5.96. The Bertz CT molecular complexity index is 1100. The number of aromatic amines is 1. The van der Waals surface area contributed by atoms with Gasteiger partial charge in [0.15, 0.2) is 5.43 Å². The molecule has 0 atom stereocenters. The molecule has 22 heavy (non-hydrogen) atoms. The molecule has 1 N–H and O–H groups in total. The smallest absolute Gasteiger partial charge is 0.190 e. The molecule has 0 amide bonds. The van der Waals surface area contributed by atoms with Gasteiger partial charge in [0, 0.05) is 40.1 Å². The van der Waals surface area contributed by atoms with E-state index in [1.165, 1.54) is 11.1 Å². The molecule has 0 unspecified atom stereocenters. The molecule has 2 aromatic carbocycles. The van der Waals surface area contributed by atoms with Crippen LogP contribution in [-0.2, 0) is 6.54 Å². The van der Waals surface area contributed by atoms with Crippen molar-refractivity contribution in [1.29, 1.82) is 0 Å². The number of hydrogen-bond donors (Lipinski definition) is 1. The number of H-pyrrole nitrogens is 1. The molecule has 0 bridgehead atoms. The van der Waals surface area contributed by atoms with Crippen molar-refractivity contribution in [3.05, 3.63) is 57.9 Å². The standard InChI is InChI=1S/C19H18N2O/c1-4-21-15-7-5-11(2)9-13(15)18-16(21)8-6-14-19(18)17(22)10-12(3)20-14/h5-10H,4H2,1-3H3,(H,20,22). The lowest BCUT2D eigenvalue weighted by atomic mass is 10.0. The minimum atomic E-state index is 0.0912. The number of pyridine rings is 1.